The number of sulfone groups is 1. The van der Waals surface area contributed by atoms with Crippen molar-refractivity contribution in [1.29, 1.82) is 0 Å². The highest BCUT2D eigenvalue weighted by molar-refractivity contribution is 7.91. The van der Waals surface area contributed by atoms with Crippen LogP contribution in [0, 0.1) is 0 Å². The zero-order valence-electron chi connectivity index (χ0n) is 16.4. The van der Waals surface area contributed by atoms with Crippen LogP contribution >= 0.6 is 34.8 Å². The lowest BCUT2D eigenvalue weighted by atomic mass is 10.3. The van der Waals surface area contributed by atoms with Gasteiger partial charge in [0, 0.05) is 6.92 Å². The van der Waals surface area contributed by atoms with Gasteiger partial charge in [0.1, 0.15) is 18.5 Å². The molecule has 164 valence electrons. The largest absolute Gasteiger partial charge is 0.494 e. The molecule has 0 aliphatic carbocycles. The third-order valence-electron chi connectivity index (χ3n) is 3.81. The first kappa shape index (κ1) is 24.6. The fraction of sp³-hybridized carbons (Fsp3) is 0.350. The van der Waals surface area contributed by atoms with Crippen LogP contribution in [0.3, 0.4) is 0 Å². The lowest BCUT2D eigenvalue weighted by Crippen LogP contribution is -2.25. The van der Waals surface area contributed by atoms with E-state index in [4.69, 9.17) is 49.0 Å². The molecule has 0 saturated carbocycles. The van der Waals surface area contributed by atoms with Gasteiger partial charge < -0.3 is 14.2 Å². The van der Waals surface area contributed by atoms with Gasteiger partial charge in [-0.25, -0.2) is 8.42 Å². The second kappa shape index (κ2) is 11.1. The van der Waals surface area contributed by atoms with E-state index in [1.54, 1.807) is 12.1 Å². The molecule has 0 saturated heterocycles. The molecule has 10 heteroatoms. The van der Waals surface area contributed by atoms with Gasteiger partial charge in [0.05, 0.1) is 32.3 Å². The first-order valence-electron chi connectivity index (χ1n) is 9.02. The zero-order chi connectivity index (χ0) is 22.3. The molecule has 2 aromatic carbocycles. The van der Waals surface area contributed by atoms with Crippen molar-refractivity contribution in [2.45, 2.75) is 36.2 Å². The number of ether oxygens (including phenoxy) is 3. The van der Waals surface area contributed by atoms with E-state index >= 15 is 0 Å². The highest BCUT2D eigenvalue weighted by Gasteiger charge is 2.22. The number of carbonyl (C=O) groups excluding carboxylic acids is 1. The Morgan fingerprint density at radius 1 is 1.03 bits per heavy atom. The molecule has 0 heterocycles. The summed E-state index contributed by atoms with van der Waals surface area (Å²) in [6, 6.07) is 8.59. The van der Waals surface area contributed by atoms with E-state index in [-0.39, 0.29) is 38.1 Å². The Labute approximate surface area is 190 Å². The summed E-state index contributed by atoms with van der Waals surface area (Å²) in [4.78, 5) is 11.0. The topological polar surface area (TPSA) is 78.9 Å². The van der Waals surface area contributed by atoms with Crippen molar-refractivity contribution < 1.29 is 27.4 Å². The molecule has 0 N–H and O–H groups in total. The van der Waals surface area contributed by atoms with Crippen molar-refractivity contribution in [1.82, 2.24) is 0 Å². The molecule has 1 atom stereocenters. The highest BCUT2D eigenvalue weighted by Crippen LogP contribution is 2.37. The Kier molecular flexibility index (Phi) is 9.09. The number of hydrogen-bond donors (Lipinski definition) is 0. The summed E-state index contributed by atoms with van der Waals surface area (Å²) < 4.78 is 41.8. The fourth-order valence-corrected chi connectivity index (χ4v) is 4.61. The van der Waals surface area contributed by atoms with Crippen molar-refractivity contribution in [3.8, 4) is 11.5 Å². The molecule has 2 rings (SSSR count). The van der Waals surface area contributed by atoms with Gasteiger partial charge in [-0.3, -0.25) is 4.79 Å². The monoisotopic (exact) mass is 494 g/mol. The van der Waals surface area contributed by atoms with Crippen LogP contribution in [0.5, 0.6) is 11.5 Å². The van der Waals surface area contributed by atoms with E-state index in [1.165, 1.54) is 31.2 Å². The summed E-state index contributed by atoms with van der Waals surface area (Å²) in [5.74, 6) is 0.160. The lowest BCUT2D eigenvalue weighted by molar-refractivity contribution is -0.146. The standard InChI is InChI=1S/C20H21Cl3O6S/c1-3-8-27-14-4-6-16(7-5-14)30(25,26)17-9-18(22)20(19(23)10-17)28-12-15(11-21)29-13(2)24/h4-7,9-10,15H,3,8,11-12H2,1-2H3. The van der Waals surface area contributed by atoms with E-state index < -0.39 is 21.9 Å². The number of halogens is 3. The Morgan fingerprint density at radius 2 is 1.63 bits per heavy atom. The van der Waals surface area contributed by atoms with Crippen LogP contribution in [0.25, 0.3) is 0 Å². The summed E-state index contributed by atoms with van der Waals surface area (Å²) in [5, 5.41) is 0.000225. The number of benzene rings is 2. The molecule has 0 bridgehead atoms. The smallest absolute Gasteiger partial charge is 0.303 e. The number of alkyl halides is 1. The van der Waals surface area contributed by atoms with Crippen LogP contribution in [-0.2, 0) is 19.4 Å². The lowest BCUT2D eigenvalue weighted by Gasteiger charge is -2.17. The molecule has 0 radical (unpaired) electrons. The Balaban J connectivity index is 2.23. The van der Waals surface area contributed by atoms with Gasteiger partial charge >= 0.3 is 5.97 Å². The van der Waals surface area contributed by atoms with Gasteiger partial charge in [-0.2, -0.15) is 0 Å². The SMILES string of the molecule is CCCOc1ccc(S(=O)(=O)c2cc(Cl)c(OCC(CCl)OC(C)=O)c(Cl)c2)cc1. The number of rotatable bonds is 10. The average Bonchev–Trinajstić information content (AvgIpc) is 2.70. The van der Waals surface area contributed by atoms with Gasteiger partial charge in [-0.1, -0.05) is 30.1 Å². The summed E-state index contributed by atoms with van der Waals surface area (Å²) in [6.07, 6.45) is 0.144. The van der Waals surface area contributed by atoms with Crippen molar-refractivity contribution in [3.63, 3.8) is 0 Å². The molecular weight excluding hydrogens is 475 g/mol. The molecule has 1 unspecified atom stereocenters. The van der Waals surface area contributed by atoms with Gasteiger partial charge in [-0.15, -0.1) is 11.6 Å². The molecule has 6 nitrogen and oxygen atoms in total. The predicted octanol–water partition coefficient (Wildman–Crippen LogP) is 5.16. The molecule has 2 aromatic rings. The van der Waals surface area contributed by atoms with Crippen LogP contribution in [0.4, 0.5) is 0 Å². The van der Waals surface area contributed by atoms with E-state index in [2.05, 4.69) is 0 Å². The minimum absolute atomic E-state index is 0.000113. The van der Waals surface area contributed by atoms with E-state index in [9.17, 15) is 13.2 Å². The Hall–Kier alpha value is -1.67. The number of esters is 1. The summed E-state index contributed by atoms with van der Waals surface area (Å²) >= 11 is 18.2. The maximum Gasteiger partial charge on any atom is 0.303 e. The van der Waals surface area contributed by atoms with Gasteiger partial charge in [-0.05, 0) is 42.8 Å². The van der Waals surface area contributed by atoms with Crippen molar-refractivity contribution in [2.24, 2.45) is 0 Å². The van der Waals surface area contributed by atoms with Crippen molar-refractivity contribution in [2.75, 3.05) is 19.1 Å². The molecule has 0 aromatic heterocycles. The maximum atomic E-state index is 12.9. The Morgan fingerprint density at radius 3 is 2.13 bits per heavy atom. The van der Waals surface area contributed by atoms with E-state index in [0.717, 1.165) is 6.42 Å². The fourth-order valence-electron chi connectivity index (χ4n) is 2.42. The summed E-state index contributed by atoms with van der Waals surface area (Å²) in [5.41, 5.74) is 0. The third kappa shape index (κ3) is 6.41. The van der Waals surface area contributed by atoms with E-state index in [0.29, 0.717) is 12.4 Å². The van der Waals surface area contributed by atoms with Crippen LogP contribution in [0.15, 0.2) is 46.2 Å². The van der Waals surface area contributed by atoms with Gasteiger partial charge in [0.2, 0.25) is 9.84 Å². The zero-order valence-corrected chi connectivity index (χ0v) is 19.4. The predicted molar refractivity (Wildman–Crippen MR) is 116 cm³/mol. The molecular formula is C20H21Cl3O6S. The minimum atomic E-state index is -3.86. The molecule has 0 amide bonds. The van der Waals surface area contributed by atoms with Gasteiger partial charge in [0.15, 0.2) is 5.75 Å². The number of hydrogen-bond acceptors (Lipinski definition) is 6. The molecule has 0 fully saturated rings. The quantitative estimate of drug-likeness (QED) is 0.334. The average molecular weight is 496 g/mol. The normalized spacial score (nSPS) is 12.3. The van der Waals surface area contributed by atoms with Crippen LogP contribution in [0.1, 0.15) is 20.3 Å². The number of carbonyl (C=O) groups is 1. The first-order valence-corrected chi connectivity index (χ1v) is 11.8. The first-order chi connectivity index (χ1) is 14.2. The molecule has 30 heavy (non-hydrogen) atoms. The molecule has 0 aliphatic heterocycles. The summed E-state index contributed by atoms with van der Waals surface area (Å²) in [6.45, 7) is 3.68. The minimum Gasteiger partial charge on any atom is -0.494 e. The molecule has 0 aliphatic rings. The van der Waals surface area contributed by atoms with Crippen LogP contribution in [-0.4, -0.2) is 39.6 Å². The van der Waals surface area contributed by atoms with E-state index in [1.807, 2.05) is 6.92 Å². The maximum absolute atomic E-state index is 12.9. The highest BCUT2D eigenvalue weighted by atomic mass is 35.5. The van der Waals surface area contributed by atoms with Crippen molar-refractivity contribution in [3.05, 3.63) is 46.4 Å². The Bertz CT molecular complexity index is 954. The second-order valence-corrected chi connectivity index (χ2v) is 9.31. The van der Waals surface area contributed by atoms with Crippen molar-refractivity contribution >= 4 is 50.6 Å². The molecule has 0 spiro atoms. The van der Waals surface area contributed by atoms with Gasteiger partial charge in [0.25, 0.3) is 0 Å². The second-order valence-electron chi connectivity index (χ2n) is 6.24. The summed E-state index contributed by atoms with van der Waals surface area (Å²) in [7, 11) is -3.86. The van der Waals surface area contributed by atoms with Crippen LogP contribution in [0.2, 0.25) is 10.0 Å². The third-order valence-corrected chi connectivity index (χ3v) is 6.46. The van der Waals surface area contributed by atoms with Crippen LogP contribution < -0.4 is 9.47 Å².